The zero-order valence-corrected chi connectivity index (χ0v) is 17.0. The predicted molar refractivity (Wildman–Crippen MR) is 106 cm³/mol. The highest BCUT2D eigenvalue weighted by Crippen LogP contribution is 2.33. The van der Waals surface area contributed by atoms with Crippen molar-refractivity contribution in [1.82, 2.24) is 24.1 Å². The van der Waals surface area contributed by atoms with Crippen LogP contribution in [0.3, 0.4) is 0 Å². The van der Waals surface area contributed by atoms with Gasteiger partial charge in [-0.25, -0.2) is 17.8 Å². The van der Waals surface area contributed by atoms with Gasteiger partial charge in [0.15, 0.2) is 10.2 Å². The average Bonchev–Trinajstić information content (AvgIpc) is 3.32. The Labute approximate surface area is 172 Å². The summed E-state index contributed by atoms with van der Waals surface area (Å²) in [4.78, 5) is 3.99. The van der Waals surface area contributed by atoms with Gasteiger partial charge in [-0.3, -0.25) is 0 Å². The first-order valence-electron chi connectivity index (χ1n) is 8.82. The number of imidazole rings is 1. The molecule has 3 heterocycles. The van der Waals surface area contributed by atoms with E-state index in [4.69, 9.17) is 11.6 Å². The van der Waals surface area contributed by atoms with E-state index in [0.29, 0.717) is 5.82 Å². The molecular formula is C18H18ClFN6O2S. The number of aromatic nitrogens is 4. The van der Waals surface area contributed by atoms with Crippen LogP contribution in [0.1, 0.15) is 11.5 Å². The molecule has 0 bridgehead atoms. The molecule has 1 aromatic carbocycles. The summed E-state index contributed by atoms with van der Waals surface area (Å²) in [5, 5.41) is 11.3. The van der Waals surface area contributed by atoms with E-state index in [9.17, 15) is 12.8 Å². The van der Waals surface area contributed by atoms with Gasteiger partial charge in [0.1, 0.15) is 11.6 Å². The van der Waals surface area contributed by atoms with Crippen molar-refractivity contribution in [1.29, 1.82) is 0 Å². The van der Waals surface area contributed by atoms with Crippen molar-refractivity contribution in [3.05, 3.63) is 65.5 Å². The fourth-order valence-corrected chi connectivity index (χ4v) is 4.95. The fraction of sp³-hybridized carbons (Fsp3) is 0.278. The highest BCUT2D eigenvalue weighted by atomic mass is 35.5. The molecule has 0 aliphatic carbocycles. The molecule has 0 radical (unpaired) electrons. The van der Waals surface area contributed by atoms with E-state index in [2.05, 4.69) is 20.5 Å². The Kier molecular flexibility index (Phi) is 5.24. The third kappa shape index (κ3) is 4.09. The standard InChI is InChI=1S/C18H18ClFN6O2S/c1-25-10-18(21-11-25)29(27,28)26-8-14(12-2-4-13(20)5-3-12)15(9-26)22-17-7-6-16(19)23-24-17/h2-7,10-11,14-15H,8-9H2,1H3,(H,22,24). The monoisotopic (exact) mass is 436 g/mol. The molecule has 1 fully saturated rings. The van der Waals surface area contributed by atoms with Gasteiger partial charge < -0.3 is 9.88 Å². The van der Waals surface area contributed by atoms with Crippen molar-refractivity contribution < 1.29 is 12.8 Å². The van der Waals surface area contributed by atoms with Crippen LogP contribution in [0.4, 0.5) is 10.2 Å². The minimum atomic E-state index is -3.77. The fourth-order valence-electron chi connectivity index (χ4n) is 3.40. The zero-order chi connectivity index (χ0) is 20.6. The van der Waals surface area contributed by atoms with Gasteiger partial charge in [0.25, 0.3) is 10.0 Å². The van der Waals surface area contributed by atoms with Gasteiger partial charge >= 0.3 is 0 Å². The molecule has 2 aromatic heterocycles. The molecule has 0 saturated carbocycles. The quantitative estimate of drug-likeness (QED) is 0.659. The second-order valence-electron chi connectivity index (χ2n) is 6.85. The molecule has 11 heteroatoms. The molecule has 3 aromatic rings. The average molecular weight is 437 g/mol. The van der Waals surface area contributed by atoms with Crippen LogP contribution >= 0.6 is 11.6 Å². The van der Waals surface area contributed by atoms with E-state index in [0.717, 1.165) is 5.56 Å². The van der Waals surface area contributed by atoms with Gasteiger partial charge in [0.2, 0.25) is 0 Å². The van der Waals surface area contributed by atoms with Gasteiger partial charge in [-0.15, -0.1) is 10.2 Å². The summed E-state index contributed by atoms with van der Waals surface area (Å²) in [6, 6.07) is 9.04. The van der Waals surface area contributed by atoms with E-state index < -0.39 is 10.0 Å². The van der Waals surface area contributed by atoms with Crippen LogP contribution in [0.15, 0.2) is 53.9 Å². The molecule has 1 saturated heterocycles. The van der Waals surface area contributed by atoms with E-state index in [1.54, 1.807) is 35.9 Å². The van der Waals surface area contributed by atoms with Crippen molar-refractivity contribution in [3.63, 3.8) is 0 Å². The summed E-state index contributed by atoms with van der Waals surface area (Å²) in [5.41, 5.74) is 0.824. The molecule has 8 nitrogen and oxygen atoms in total. The molecule has 29 heavy (non-hydrogen) atoms. The first-order chi connectivity index (χ1) is 13.8. The zero-order valence-electron chi connectivity index (χ0n) is 15.4. The molecule has 4 rings (SSSR count). The Morgan fingerprint density at radius 3 is 2.52 bits per heavy atom. The van der Waals surface area contributed by atoms with Crippen LogP contribution in [-0.4, -0.2) is 51.6 Å². The van der Waals surface area contributed by atoms with E-state index >= 15 is 0 Å². The summed E-state index contributed by atoms with van der Waals surface area (Å²) in [7, 11) is -2.06. The number of halogens is 2. The summed E-state index contributed by atoms with van der Waals surface area (Å²) in [6.07, 6.45) is 2.91. The Morgan fingerprint density at radius 2 is 1.90 bits per heavy atom. The number of rotatable bonds is 5. The highest BCUT2D eigenvalue weighted by Gasteiger charge is 2.41. The van der Waals surface area contributed by atoms with Crippen LogP contribution in [0.5, 0.6) is 0 Å². The van der Waals surface area contributed by atoms with Crippen molar-refractivity contribution in [2.45, 2.75) is 17.0 Å². The van der Waals surface area contributed by atoms with Gasteiger partial charge in [-0.05, 0) is 29.8 Å². The third-order valence-corrected chi connectivity index (χ3v) is 6.75. The lowest BCUT2D eigenvalue weighted by molar-refractivity contribution is 0.468. The lowest BCUT2D eigenvalue weighted by atomic mass is 9.94. The summed E-state index contributed by atoms with van der Waals surface area (Å²) >= 11 is 5.79. The summed E-state index contributed by atoms with van der Waals surface area (Å²) in [6.45, 7) is 0.425. The highest BCUT2D eigenvalue weighted by molar-refractivity contribution is 7.89. The van der Waals surface area contributed by atoms with Gasteiger partial charge in [-0.1, -0.05) is 23.7 Å². The predicted octanol–water partition coefficient (Wildman–Crippen LogP) is 2.27. The molecular weight excluding hydrogens is 419 g/mol. The minimum absolute atomic E-state index is 0.00945. The number of nitrogens with one attached hydrogen (secondary N) is 1. The first-order valence-corrected chi connectivity index (χ1v) is 10.6. The van der Waals surface area contributed by atoms with Gasteiger partial charge in [0.05, 0.1) is 6.33 Å². The second kappa shape index (κ2) is 7.69. The molecule has 2 unspecified atom stereocenters. The number of hydrogen-bond donors (Lipinski definition) is 1. The van der Waals surface area contributed by atoms with Crippen molar-refractivity contribution in [2.24, 2.45) is 7.05 Å². The maximum absolute atomic E-state index is 13.4. The van der Waals surface area contributed by atoms with Crippen molar-refractivity contribution in [2.75, 3.05) is 18.4 Å². The van der Waals surface area contributed by atoms with Crippen molar-refractivity contribution >= 4 is 27.4 Å². The lowest BCUT2D eigenvalue weighted by Crippen LogP contribution is -2.32. The summed E-state index contributed by atoms with van der Waals surface area (Å²) in [5.74, 6) is -0.0899. The first kappa shape index (κ1) is 19.7. The van der Waals surface area contributed by atoms with Crippen LogP contribution in [0.25, 0.3) is 0 Å². The molecule has 1 aliphatic rings. The Morgan fingerprint density at radius 1 is 1.14 bits per heavy atom. The maximum atomic E-state index is 13.4. The van der Waals surface area contributed by atoms with Crippen LogP contribution in [0.2, 0.25) is 5.15 Å². The SMILES string of the molecule is Cn1cnc(S(=O)(=O)N2CC(Nc3ccc(Cl)nn3)C(c3ccc(F)cc3)C2)c1. The van der Waals surface area contributed by atoms with Gasteiger partial charge in [0, 0.05) is 38.3 Å². The molecule has 0 spiro atoms. The number of aryl methyl sites for hydroxylation is 1. The number of nitrogens with zero attached hydrogens (tertiary/aromatic N) is 5. The number of benzene rings is 1. The molecule has 152 valence electrons. The molecule has 1 aliphatic heterocycles. The molecule has 2 atom stereocenters. The topological polar surface area (TPSA) is 93.0 Å². The number of anilines is 1. The largest absolute Gasteiger partial charge is 0.364 e. The van der Waals surface area contributed by atoms with E-state index in [1.807, 2.05) is 0 Å². The van der Waals surface area contributed by atoms with Crippen LogP contribution in [-0.2, 0) is 17.1 Å². The van der Waals surface area contributed by atoms with E-state index in [-0.39, 0.29) is 41.0 Å². The Balaban J connectivity index is 1.65. The Hall–Kier alpha value is -2.56. The number of hydrogen-bond acceptors (Lipinski definition) is 6. The minimum Gasteiger partial charge on any atom is -0.364 e. The third-order valence-electron chi connectivity index (χ3n) is 4.84. The lowest BCUT2D eigenvalue weighted by Gasteiger charge is -2.20. The van der Waals surface area contributed by atoms with Gasteiger partial charge in [-0.2, -0.15) is 4.31 Å². The maximum Gasteiger partial charge on any atom is 0.262 e. The second-order valence-corrected chi connectivity index (χ2v) is 9.12. The summed E-state index contributed by atoms with van der Waals surface area (Å²) < 4.78 is 42.4. The van der Waals surface area contributed by atoms with Crippen molar-refractivity contribution in [3.8, 4) is 0 Å². The normalized spacial score (nSPS) is 20.1. The van der Waals surface area contributed by atoms with Crippen LogP contribution in [0, 0.1) is 5.82 Å². The smallest absolute Gasteiger partial charge is 0.262 e. The number of sulfonamides is 1. The molecule has 0 amide bonds. The Bertz CT molecular complexity index is 1100. The van der Waals surface area contributed by atoms with Crippen LogP contribution < -0.4 is 5.32 Å². The molecule has 1 N–H and O–H groups in total. The van der Waals surface area contributed by atoms with E-state index in [1.165, 1.54) is 29.0 Å².